The van der Waals surface area contributed by atoms with E-state index in [-0.39, 0.29) is 0 Å². The average molecular weight is 304 g/mol. The van der Waals surface area contributed by atoms with Gasteiger partial charge in [0.05, 0.1) is 12.2 Å². The first-order valence-electron chi connectivity index (χ1n) is 7.61. The van der Waals surface area contributed by atoms with Crippen molar-refractivity contribution in [3.8, 4) is 0 Å². The van der Waals surface area contributed by atoms with Gasteiger partial charge in [-0.3, -0.25) is 4.68 Å². The number of nitrogens with zero attached hydrogens (tertiary/aromatic N) is 3. The second-order valence-corrected chi connectivity index (χ2v) is 7.00. The molecule has 3 rings (SSSR count). The van der Waals surface area contributed by atoms with E-state index in [0.717, 1.165) is 13.0 Å². The maximum atomic E-state index is 4.43. The lowest BCUT2D eigenvalue weighted by Gasteiger charge is -2.29. The summed E-state index contributed by atoms with van der Waals surface area (Å²) in [6, 6.07) is 5.25. The van der Waals surface area contributed by atoms with Crippen LogP contribution in [0, 0.1) is 0 Å². The number of likely N-dealkylation sites (N-methyl/N-ethyl adjacent to an activating group) is 1. The van der Waals surface area contributed by atoms with Gasteiger partial charge >= 0.3 is 0 Å². The molecule has 0 saturated heterocycles. The Hall–Kier alpha value is -1.17. The summed E-state index contributed by atoms with van der Waals surface area (Å²) in [5.41, 5.74) is 2.80. The van der Waals surface area contributed by atoms with Gasteiger partial charge in [-0.1, -0.05) is 6.07 Å². The predicted octanol–water partition coefficient (Wildman–Crippen LogP) is 2.75. The molecule has 4 nitrogen and oxygen atoms in total. The molecule has 2 aromatic rings. The number of thiophene rings is 1. The molecule has 0 amide bonds. The minimum absolute atomic E-state index is 0.437. The van der Waals surface area contributed by atoms with Crippen LogP contribution >= 0.6 is 11.3 Å². The summed E-state index contributed by atoms with van der Waals surface area (Å²) >= 11 is 1.84. The lowest BCUT2D eigenvalue weighted by Crippen LogP contribution is -2.34. The van der Waals surface area contributed by atoms with Crippen LogP contribution in [0.2, 0.25) is 0 Å². The van der Waals surface area contributed by atoms with Gasteiger partial charge < -0.3 is 10.2 Å². The fourth-order valence-electron chi connectivity index (χ4n) is 3.19. The zero-order valence-corrected chi connectivity index (χ0v) is 13.9. The monoisotopic (exact) mass is 304 g/mol. The lowest BCUT2D eigenvalue weighted by atomic mass is 9.93. The molecule has 5 heteroatoms. The van der Waals surface area contributed by atoms with Crippen molar-refractivity contribution in [3.05, 3.63) is 39.8 Å². The Morgan fingerprint density at radius 2 is 2.38 bits per heavy atom. The van der Waals surface area contributed by atoms with Crippen molar-refractivity contribution in [2.45, 2.75) is 31.3 Å². The summed E-state index contributed by atoms with van der Waals surface area (Å²) in [4.78, 5) is 3.72. The number of aryl methyl sites for hydroxylation is 1. The van der Waals surface area contributed by atoms with E-state index in [1.54, 1.807) is 0 Å². The van der Waals surface area contributed by atoms with Gasteiger partial charge in [-0.05, 0) is 44.8 Å². The molecule has 2 heterocycles. The second-order valence-electron chi connectivity index (χ2n) is 6.02. The van der Waals surface area contributed by atoms with E-state index < -0.39 is 0 Å². The van der Waals surface area contributed by atoms with E-state index in [1.165, 1.54) is 29.0 Å². The van der Waals surface area contributed by atoms with E-state index in [1.807, 2.05) is 22.2 Å². The van der Waals surface area contributed by atoms with Gasteiger partial charge in [0.15, 0.2) is 0 Å². The van der Waals surface area contributed by atoms with E-state index >= 15 is 0 Å². The van der Waals surface area contributed by atoms with Crippen LogP contribution in [-0.2, 0) is 13.5 Å². The molecule has 2 aromatic heterocycles. The molecular weight excluding hydrogens is 280 g/mol. The third-order valence-electron chi connectivity index (χ3n) is 4.43. The Bertz CT molecular complexity index is 573. The van der Waals surface area contributed by atoms with E-state index in [4.69, 9.17) is 0 Å². The average Bonchev–Trinajstić information content (AvgIpc) is 3.10. The number of nitrogens with one attached hydrogen (secondary N) is 1. The van der Waals surface area contributed by atoms with Crippen LogP contribution < -0.4 is 5.32 Å². The standard InChI is InChI=1S/C16H24N4S/c1-19(2)15(16-8-5-9-21-16)11-17-13-6-4-7-14-12(13)10-18-20(14)3/h5,8-10,13,15,17H,4,6-7,11H2,1-3H3. The smallest absolute Gasteiger partial charge is 0.0561 e. The minimum Gasteiger partial charge on any atom is -0.308 e. The van der Waals surface area contributed by atoms with Gasteiger partial charge in [0.25, 0.3) is 0 Å². The number of hydrogen-bond donors (Lipinski definition) is 1. The molecule has 0 saturated carbocycles. The molecule has 0 aliphatic heterocycles. The number of rotatable bonds is 5. The minimum atomic E-state index is 0.437. The topological polar surface area (TPSA) is 33.1 Å². The Kier molecular flexibility index (Phi) is 4.42. The first-order chi connectivity index (χ1) is 10.2. The predicted molar refractivity (Wildman–Crippen MR) is 87.6 cm³/mol. The van der Waals surface area contributed by atoms with Crippen molar-refractivity contribution in [1.29, 1.82) is 0 Å². The van der Waals surface area contributed by atoms with E-state index in [0.29, 0.717) is 12.1 Å². The first kappa shape index (κ1) is 14.8. The van der Waals surface area contributed by atoms with Gasteiger partial charge in [0.2, 0.25) is 0 Å². The largest absolute Gasteiger partial charge is 0.308 e. The Labute approximate surface area is 130 Å². The van der Waals surface area contributed by atoms with Crippen LogP contribution in [0.25, 0.3) is 0 Å². The van der Waals surface area contributed by atoms with E-state index in [2.05, 4.69) is 54.0 Å². The molecular formula is C16H24N4S. The second kappa shape index (κ2) is 6.30. The van der Waals surface area contributed by atoms with E-state index in [9.17, 15) is 0 Å². The first-order valence-corrected chi connectivity index (χ1v) is 8.48. The normalized spacial score (nSPS) is 19.7. The zero-order valence-electron chi connectivity index (χ0n) is 13.0. The van der Waals surface area contributed by atoms with Crippen molar-refractivity contribution in [1.82, 2.24) is 20.0 Å². The van der Waals surface area contributed by atoms with Crippen molar-refractivity contribution in [3.63, 3.8) is 0 Å². The fourth-order valence-corrected chi connectivity index (χ4v) is 4.11. The van der Waals surface area contributed by atoms with Crippen LogP contribution in [0.15, 0.2) is 23.7 Å². The molecule has 21 heavy (non-hydrogen) atoms. The summed E-state index contributed by atoms with van der Waals surface area (Å²) in [6.07, 6.45) is 5.66. The van der Waals surface area contributed by atoms with Crippen molar-refractivity contribution in [2.75, 3.05) is 20.6 Å². The highest BCUT2D eigenvalue weighted by Gasteiger charge is 2.24. The third-order valence-corrected chi connectivity index (χ3v) is 5.40. The number of hydrogen-bond acceptors (Lipinski definition) is 4. The molecule has 2 unspecified atom stereocenters. The van der Waals surface area contributed by atoms with Gasteiger partial charge in [-0.25, -0.2) is 0 Å². The number of fused-ring (bicyclic) bond motifs is 1. The SMILES string of the molecule is CN(C)C(CNC1CCCc2c1cnn2C)c1cccs1. The van der Waals surface area contributed by atoms with Crippen LogP contribution in [0.1, 0.15) is 41.1 Å². The summed E-state index contributed by atoms with van der Waals surface area (Å²) in [5.74, 6) is 0. The molecule has 1 aliphatic rings. The van der Waals surface area contributed by atoms with Crippen molar-refractivity contribution >= 4 is 11.3 Å². The van der Waals surface area contributed by atoms with Crippen molar-refractivity contribution < 1.29 is 0 Å². The molecule has 0 aromatic carbocycles. The summed E-state index contributed by atoms with van der Waals surface area (Å²) in [5, 5.41) is 10.4. The van der Waals surface area contributed by atoms with Crippen LogP contribution in [0.3, 0.4) is 0 Å². The molecule has 2 atom stereocenters. The summed E-state index contributed by atoms with van der Waals surface area (Å²) in [6.45, 7) is 0.979. The van der Waals surface area contributed by atoms with Crippen LogP contribution in [0.5, 0.6) is 0 Å². The quantitative estimate of drug-likeness (QED) is 0.922. The molecule has 114 valence electrons. The number of aromatic nitrogens is 2. The molecule has 0 spiro atoms. The van der Waals surface area contributed by atoms with Gasteiger partial charge in [0.1, 0.15) is 0 Å². The fraction of sp³-hybridized carbons (Fsp3) is 0.562. The molecule has 0 bridgehead atoms. The molecule has 1 N–H and O–H groups in total. The van der Waals surface area contributed by atoms with Gasteiger partial charge in [0, 0.05) is 35.8 Å². The van der Waals surface area contributed by atoms with Crippen molar-refractivity contribution in [2.24, 2.45) is 7.05 Å². The summed E-state index contributed by atoms with van der Waals surface area (Å²) < 4.78 is 2.03. The highest BCUT2D eigenvalue weighted by Crippen LogP contribution is 2.30. The maximum Gasteiger partial charge on any atom is 0.0561 e. The maximum absolute atomic E-state index is 4.43. The Morgan fingerprint density at radius 3 is 3.10 bits per heavy atom. The van der Waals surface area contributed by atoms with Gasteiger partial charge in [-0.15, -0.1) is 11.3 Å². The Balaban J connectivity index is 1.70. The lowest BCUT2D eigenvalue weighted by molar-refractivity contribution is 0.278. The molecule has 0 fully saturated rings. The van der Waals surface area contributed by atoms with Crippen LogP contribution in [0.4, 0.5) is 0 Å². The molecule has 1 aliphatic carbocycles. The third kappa shape index (κ3) is 3.05. The van der Waals surface area contributed by atoms with Gasteiger partial charge in [-0.2, -0.15) is 5.10 Å². The highest BCUT2D eigenvalue weighted by atomic mass is 32.1. The Morgan fingerprint density at radius 1 is 1.52 bits per heavy atom. The zero-order chi connectivity index (χ0) is 14.8. The van der Waals surface area contributed by atoms with Crippen LogP contribution in [-0.4, -0.2) is 35.3 Å². The molecule has 0 radical (unpaired) electrons. The highest BCUT2D eigenvalue weighted by molar-refractivity contribution is 7.10. The summed E-state index contributed by atoms with van der Waals surface area (Å²) in [7, 11) is 6.36.